The molecule has 2 N–H and O–H groups in total. The van der Waals surface area contributed by atoms with E-state index in [2.05, 4.69) is 116 Å². The molecule has 0 atom stereocenters. The van der Waals surface area contributed by atoms with Crippen LogP contribution >= 0.6 is 0 Å². The summed E-state index contributed by atoms with van der Waals surface area (Å²) in [5.41, 5.74) is 8.58. The maximum atomic E-state index is 3.80. The minimum atomic E-state index is 0.128. The summed E-state index contributed by atoms with van der Waals surface area (Å²) >= 11 is 0. The van der Waals surface area contributed by atoms with Crippen LogP contribution in [0.15, 0.2) is 36.4 Å². The summed E-state index contributed by atoms with van der Waals surface area (Å²) in [7, 11) is 0. The van der Waals surface area contributed by atoms with Gasteiger partial charge in [0.25, 0.3) is 0 Å². The average Bonchev–Trinajstić information content (AvgIpc) is 2.65. The quantitative estimate of drug-likeness (QED) is 0.417. The Balaban J connectivity index is 2.13. The first-order chi connectivity index (χ1) is 14.3. The Hall–Kier alpha value is -1.96. The number of nitrogens with one attached hydrogen (secondary N) is 2. The molecule has 2 aromatic carbocycles. The molecule has 2 rings (SSSR count). The summed E-state index contributed by atoms with van der Waals surface area (Å²) in [6, 6.07) is 13.5. The largest absolute Gasteiger partial charge is 0.385 e. The van der Waals surface area contributed by atoms with Gasteiger partial charge < -0.3 is 10.6 Å². The molecule has 0 aliphatic rings. The van der Waals surface area contributed by atoms with Crippen molar-refractivity contribution in [2.24, 2.45) is 0 Å². The van der Waals surface area contributed by atoms with E-state index in [1.54, 1.807) is 0 Å². The molecule has 0 spiro atoms. The second kappa shape index (κ2) is 10.1. The van der Waals surface area contributed by atoms with Gasteiger partial charge >= 0.3 is 0 Å². The zero-order valence-electron chi connectivity index (χ0n) is 21.7. The van der Waals surface area contributed by atoms with Crippen molar-refractivity contribution in [1.29, 1.82) is 0 Å². The lowest BCUT2D eigenvalue weighted by molar-refractivity contribution is 0.589. The Morgan fingerprint density at radius 3 is 1.26 bits per heavy atom. The van der Waals surface area contributed by atoms with E-state index in [4.69, 9.17) is 0 Å². The normalized spacial score (nSPS) is 12.5. The van der Waals surface area contributed by atoms with Crippen LogP contribution in [0.25, 0.3) is 0 Å². The van der Waals surface area contributed by atoms with Gasteiger partial charge in [0.2, 0.25) is 0 Å². The second-order valence-corrected chi connectivity index (χ2v) is 11.6. The molecule has 2 aromatic rings. The number of hydrogen-bond donors (Lipinski definition) is 2. The van der Waals surface area contributed by atoms with Crippen LogP contribution in [-0.4, -0.2) is 13.1 Å². The fraction of sp³-hybridized carbons (Fsp3) is 0.586. The van der Waals surface area contributed by atoms with E-state index in [0.717, 1.165) is 19.5 Å². The molecule has 0 fully saturated rings. The van der Waals surface area contributed by atoms with E-state index in [9.17, 15) is 0 Å². The standard InChI is InChI=1S/C29H46N2/c1-20(2)22-14-11-16-24(28(5,6)7)26(22)30-18-13-19-31-27-23(21(3)4)15-12-17-25(27)29(8,9)10/h11-12,14-17,20-21,30-31H,13,18-19H2,1-10H3. The molecule has 0 amide bonds. The van der Waals surface area contributed by atoms with E-state index >= 15 is 0 Å². The van der Waals surface area contributed by atoms with Gasteiger partial charge in [-0.15, -0.1) is 0 Å². The van der Waals surface area contributed by atoms with Crippen molar-refractivity contribution >= 4 is 11.4 Å². The zero-order valence-corrected chi connectivity index (χ0v) is 21.7. The monoisotopic (exact) mass is 422 g/mol. The van der Waals surface area contributed by atoms with Crippen molar-refractivity contribution < 1.29 is 0 Å². The Morgan fingerprint density at radius 1 is 0.613 bits per heavy atom. The summed E-state index contributed by atoms with van der Waals surface area (Å²) in [5.74, 6) is 1.02. The first-order valence-electron chi connectivity index (χ1n) is 12.1. The van der Waals surface area contributed by atoms with Gasteiger partial charge in [0.15, 0.2) is 0 Å². The van der Waals surface area contributed by atoms with Gasteiger partial charge in [0.05, 0.1) is 0 Å². The molecular weight excluding hydrogens is 376 g/mol. The van der Waals surface area contributed by atoms with Crippen LogP contribution in [0.2, 0.25) is 0 Å². The summed E-state index contributed by atoms with van der Waals surface area (Å²) in [4.78, 5) is 0. The molecule has 2 heteroatoms. The maximum Gasteiger partial charge on any atom is 0.0413 e. The predicted molar refractivity (Wildman–Crippen MR) is 140 cm³/mol. The number of rotatable bonds is 8. The molecule has 0 bridgehead atoms. The van der Waals surface area contributed by atoms with E-state index in [-0.39, 0.29) is 10.8 Å². The lowest BCUT2D eigenvalue weighted by Crippen LogP contribution is -2.20. The minimum absolute atomic E-state index is 0.128. The van der Waals surface area contributed by atoms with Gasteiger partial charge in [-0.25, -0.2) is 0 Å². The molecule has 172 valence electrons. The number of anilines is 2. The molecule has 0 saturated heterocycles. The predicted octanol–water partition coefficient (Wildman–Crippen LogP) is 8.44. The average molecular weight is 423 g/mol. The first-order valence-corrected chi connectivity index (χ1v) is 12.1. The van der Waals surface area contributed by atoms with Gasteiger partial charge in [-0.05, 0) is 51.3 Å². The summed E-state index contributed by atoms with van der Waals surface area (Å²) in [6.07, 6.45) is 1.08. The van der Waals surface area contributed by atoms with Crippen LogP contribution in [0.1, 0.15) is 110 Å². The van der Waals surface area contributed by atoms with Gasteiger partial charge in [-0.3, -0.25) is 0 Å². The van der Waals surface area contributed by atoms with E-state index in [0.29, 0.717) is 11.8 Å². The first kappa shape index (κ1) is 25.3. The molecule has 0 heterocycles. The number of benzene rings is 2. The van der Waals surface area contributed by atoms with Crippen LogP contribution < -0.4 is 10.6 Å². The Bertz CT molecular complexity index is 777. The van der Waals surface area contributed by atoms with E-state index < -0.39 is 0 Å². The van der Waals surface area contributed by atoms with Crippen LogP contribution in [0.3, 0.4) is 0 Å². The van der Waals surface area contributed by atoms with Crippen molar-refractivity contribution in [2.75, 3.05) is 23.7 Å². The van der Waals surface area contributed by atoms with Crippen LogP contribution in [0.5, 0.6) is 0 Å². The highest BCUT2D eigenvalue weighted by Crippen LogP contribution is 2.36. The van der Waals surface area contributed by atoms with Crippen molar-refractivity contribution in [3.05, 3.63) is 58.7 Å². The molecule has 0 radical (unpaired) electrons. The molecule has 0 unspecified atom stereocenters. The molecule has 0 aromatic heterocycles. The molecular formula is C29H46N2. The zero-order chi connectivity index (χ0) is 23.4. The van der Waals surface area contributed by atoms with Crippen molar-refractivity contribution in [2.45, 2.75) is 98.3 Å². The molecule has 2 nitrogen and oxygen atoms in total. The van der Waals surface area contributed by atoms with Crippen LogP contribution in [0, 0.1) is 0 Å². The van der Waals surface area contributed by atoms with Crippen molar-refractivity contribution in [1.82, 2.24) is 0 Å². The Morgan fingerprint density at radius 2 is 0.968 bits per heavy atom. The molecule has 0 saturated carbocycles. The topological polar surface area (TPSA) is 24.1 Å². The third-order valence-electron chi connectivity index (χ3n) is 6.01. The summed E-state index contributed by atoms with van der Waals surface area (Å²) < 4.78 is 0. The lowest BCUT2D eigenvalue weighted by Gasteiger charge is -2.28. The highest BCUT2D eigenvalue weighted by atomic mass is 14.9. The fourth-order valence-corrected chi connectivity index (χ4v) is 4.26. The smallest absolute Gasteiger partial charge is 0.0413 e. The summed E-state index contributed by atoms with van der Waals surface area (Å²) in [6.45, 7) is 24.9. The fourth-order valence-electron chi connectivity index (χ4n) is 4.26. The second-order valence-electron chi connectivity index (χ2n) is 11.6. The van der Waals surface area contributed by atoms with Crippen molar-refractivity contribution in [3.8, 4) is 0 Å². The van der Waals surface area contributed by atoms with Crippen molar-refractivity contribution in [3.63, 3.8) is 0 Å². The third kappa shape index (κ3) is 6.51. The third-order valence-corrected chi connectivity index (χ3v) is 6.01. The van der Waals surface area contributed by atoms with E-state index in [1.807, 2.05) is 0 Å². The Labute approximate surface area is 192 Å². The minimum Gasteiger partial charge on any atom is -0.385 e. The highest BCUT2D eigenvalue weighted by Gasteiger charge is 2.22. The molecule has 0 aliphatic carbocycles. The number of hydrogen-bond acceptors (Lipinski definition) is 2. The Kier molecular flexibility index (Phi) is 8.25. The van der Waals surface area contributed by atoms with E-state index in [1.165, 1.54) is 33.6 Å². The van der Waals surface area contributed by atoms with Gasteiger partial charge in [-0.1, -0.05) is 106 Å². The SMILES string of the molecule is CC(C)c1cccc(C(C)(C)C)c1NCCCNc1c(C(C)C)cccc1C(C)(C)C. The van der Waals surface area contributed by atoms with Gasteiger partial charge in [-0.2, -0.15) is 0 Å². The van der Waals surface area contributed by atoms with Gasteiger partial charge in [0.1, 0.15) is 0 Å². The number of para-hydroxylation sites is 2. The highest BCUT2D eigenvalue weighted by molar-refractivity contribution is 5.62. The molecule has 31 heavy (non-hydrogen) atoms. The maximum absolute atomic E-state index is 3.80. The lowest BCUT2D eigenvalue weighted by atomic mass is 9.83. The van der Waals surface area contributed by atoms with Crippen LogP contribution in [0.4, 0.5) is 11.4 Å². The van der Waals surface area contributed by atoms with Crippen LogP contribution in [-0.2, 0) is 10.8 Å². The van der Waals surface area contributed by atoms with Gasteiger partial charge in [0, 0.05) is 24.5 Å². The molecule has 0 aliphatic heterocycles. The summed E-state index contributed by atoms with van der Waals surface area (Å²) in [5, 5.41) is 7.60.